The Balaban J connectivity index is 1.45. The summed E-state index contributed by atoms with van der Waals surface area (Å²) in [5.74, 6) is -0.00731. The fraction of sp³-hybridized carbons (Fsp3) is 0.250. The lowest BCUT2D eigenvalue weighted by Crippen LogP contribution is -2.31. The van der Waals surface area contributed by atoms with Gasteiger partial charge in [-0.3, -0.25) is 14.7 Å². The molecule has 0 bridgehead atoms. The van der Waals surface area contributed by atoms with Crippen LogP contribution >= 0.6 is 0 Å². The number of anilines is 1. The number of para-hydroxylation sites is 1. The van der Waals surface area contributed by atoms with Gasteiger partial charge in [0.1, 0.15) is 0 Å². The zero-order valence-electron chi connectivity index (χ0n) is 16.9. The highest BCUT2D eigenvalue weighted by Crippen LogP contribution is 2.30. The van der Waals surface area contributed by atoms with E-state index >= 15 is 0 Å². The summed E-state index contributed by atoms with van der Waals surface area (Å²) in [4.78, 5) is 18.9. The number of benzene rings is 2. The van der Waals surface area contributed by atoms with Crippen molar-refractivity contribution < 1.29 is 4.79 Å². The lowest BCUT2D eigenvalue weighted by atomic mass is 10.1. The van der Waals surface area contributed by atoms with Gasteiger partial charge in [0.05, 0.1) is 6.54 Å². The Labute approximate surface area is 171 Å². The minimum Gasteiger partial charge on any atom is -0.341 e. The highest BCUT2D eigenvalue weighted by molar-refractivity contribution is 6.09. The molecule has 5 heteroatoms. The van der Waals surface area contributed by atoms with Crippen molar-refractivity contribution in [2.75, 3.05) is 25.5 Å². The predicted octanol–water partition coefficient (Wildman–Crippen LogP) is 4.32. The van der Waals surface area contributed by atoms with Crippen LogP contribution in [-0.2, 0) is 17.8 Å². The van der Waals surface area contributed by atoms with E-state index in [2.05, 4.69) is 58.2 Å². The third kappa shape index (κ3) is 4.15. The molecule has 0 saturated carbocycles. The number of carbonyl (C=O) groups is 1. The van der Waals surface area contributed by atoms with Gasteiger partial charge in [-0.1, -0.05) is 24.3 Å². The smallest absolute Gasteiger partial charge is 0.238 e. The quantitative estimate of drug-likeness (QED) is 0.515. The molecule has 1 amide bonds. The molecule has 0 saturated heterocycles. The van der Waals surface area contributed by atoms with Gasteiger partial charge in [0.15, 0.2) is 0 Å². The lowest BCUT2D eigenvalue weighted by Gasteiger charge is -2.16. The van der Waals surface area contributed by atoms with Gasteiger partial charge in [0, 0.05) is 58.9 Å². The van der Waals surface area contributed by atoms with Gasteiger partial charge >= 0.3 is 0 Å². The van der Waals surface area contributed by atoms with Crippen molar-refractivity contribution in [1.82, 2.24) is 14.5 Å². The molecule has 0 atom stereocenters. The molecular weight excluding hydrogens is 360 g/mol. The fourth-order valence-electron chi connectivity index (χ4n) is 3.85. The molecule has 0 aliphatic heterocycles. The summed E-state index contributed by atoms with van der Waals surface area (Å²) >= 11 is 0. The van der Waals surface area contributed by atoms with E-state index < -0.39 is 0 Å². The monoisotopic (exact) mass is 386 g/mol. The first kappa shape index (κ1) is 19.2. The molecule has 0 aliphatic rings. The molecule has 0 fully saturated rings. The molecule has 1 N–H and O–H groups in total. The van der Waals surface area contributed by atoms with Gasteiger partial charge in [0.2, 0.25) is 5.91 Å². The summed E-state index contributed by atoms with van der Waals surface area (Å²) in [6.07, 6.45) is 2.63. The Morgan fingerprint density at radius 1 is 1.03 bits per heavy atom. The summed E-state index contributed by atoms with van der Waals surface area (Å²) in [5.41, 5.74) is 4.29. The van der Waals surface area contributed by atoms with Gasteiger partial charge in [-0.15, -0.1) is 0 Å². The Kier molecular flexibility index (Phi) is 5.58. The number of nitrogens with one attached hydrogen (secondary N) is 1. The van der Waals surface area contributed by atoms with E-state index in [9.17, 15) is 4.79 Å². The average Bonchev–Trinajstić information content (AvgIpc) is 3.06. The number of nitrogens with zero attached hydrogens (tertiary/aromatic N) is 3. The maximum Gasteiger partial charge on any atom is 0.238 e. The largest absolute Gasteiger partial charge is 0.341 e. The molecule has 0 unspecified atom stereocenters. The van der Waals surface area contributed by atoms with Crippen LogP contribution in [0.15, 0.2) is 66.9 Å². The number of hydrogen-bond donors (Lipinski definition) is 1. The van der Waals surface area contributed by atoms with Gasteiger partial charge in [-0.05, 0) is 50.4 Å². The molecule has 29 heavy (non-hydrogen) atoms. The number of hydrogen-bond acceptors (Lipinski definition) is 3. The van der Waals surface area contributed by atoms with E-state index in [1.807, 2.05) is 36.2 Å². The number of aromatic nitrogens is 2. The first-order chi connectivity index (χ1) is 14.2. The van der Waals surface area contributed by atoms with E-state index in [-0.39, 0.29) is 5.91 Å². The van der Waals surface area contributed by atoms with Gasteiger partial charge in [0.25, 0.3) is 0 Å². The van der Waals surface area contributed by atoms with Crippen molar-refractivity contribution in [3.63, 3.8) is 0 Å². The predicted molar refractivity (Wildman–Crippen MR) is 119 cm³/mol. The SMILES string of the molecule is CCn1c2ccccc2c2cc(NC(=O)CN(C)CCc3ccccn3)ccc21. The van der Waals surface area contributed by atoms with Crippen LogP contribution < -0.4 is 5.32 Å². The molecule has 0 radical (unpaired) electrons. The maximum absolute atomic E-state index is 12.5. The van der Waals surface area contributed by atoms with Crippen LogP contribution in [0, 0.1) is 0 Å². The topological polar surface area (TPSA) is 50.2 Å². The van der Waals surface area contributed by atoms with Crippen LogP contribution in [0.25, 0.3) is 21.8 Å². The van der Waals surface area contributed by atoms with E-state index in [4.69, 9.17) is 0 Å². The summed E-state index contributed by atoms with van der Waals surface area (Å²) < 4.78 is 2.31. The fourth-order valence-corrected chi connectivity index (χ4v) is 3.85. The van der Waals surface area contributed by atoms with Crippen LogP contribution in [-0.4, -0.2) is 40.5 Å². The van der Waals surface area contributed by atoms with E-state index in [1.165, 1.54) is 21.8 Å². The second-order valence-corrected chi connectivity index (χ2v) is 7.35. The van der Waals surface area contributed by atoms with E-state index in [1.54, 1.807) is 6.20 Å². The van der Waals surface area contributed by atoms with Gasteiger partial charge in [-0.25, -0.2) is 0 Å². The number of pyridine rings is 1. The number of aryl methyl sites for hydroxylation is 1. The third-order valence-electron chi connectivity index (χ3n) is 5.26. The van der Waals surface area contributed by atoms with Crippen LogP contribution in [0.4, 0.5) is 5.69 Å². The summed E-state index contributed by atoms with van der Waals surface area (Å²) in [6, 6.07) is 20.5. The Hall–Kier alpha value is -3.18. The second-order valence-electron chi connectivity index (χ2n) is 7.35. The zero-order valence-corrected chi connectivity index (χ0v) is 16.9. The summed E-state index contributed by atoms with van der Waals surface area (Å²) in [5, 5.41) is 5.44. The van der Waals surface area contributed by atoms with Crippen molar-refractivity contribution in [2.45, 2.75) is 19.9 Å². The number of carbonyl (C=O) groups excluding carboxylic acids is 1. The number of rotatable bonds is 7. The molecule has 4 rings (SSSR count). The van der Waals surface area contributed by atoms with Crippen molar-refractivity contribution in [2.24, 2.45) is 0 Å². The first-order valence-corrected chi connectivity index (χ1v) is 10.0. The molecule has 2 aromatic heterocycles. The van der Waals surface area contributed by atoms with Crippen molar-refractivity contribution in [3.8, 4) is 0 Å². The molecule has 5 nitrogen and oxygen atoms in total. The van der Waals surface area contributed by atoms with E-state index in [0.29, 0.717) is 6.54 Å². The Morgan fingerprint density at radius 2 is 1.83 bits per heavy atom. The molecule has 2 aromatic carbocycles. The first-order valence-electron chi connectivity index (χ1n) is 10.0. The molecule has 0 spiro atoms. The minimum atomic E-state index is -0.00731. The van der Waals surface area contributed by atoms with Gasteiger partial charge < -0.3 is 9.88 Å². The van der Waals surface area contributed by atoms with Crippen LogP contribution in [0.5, 0.6) is 0 Å². The lowest BCUT2D eigenvalue weighted by molar-refractivity contribution is -0.117. The molecule has 148 valence electrons. The molecule has 4 aromatic rings. The highest BCUT2D eigenvalue weighted by atomic mass is 16.2. The normalized spacial score (nSPS) is 11.4. The van der Waals surface area contributed by atoms with Crippen LogP contribution in [0.2, 0.25) is 0 Å². The summed E-state index contributed by atoms with van der Waals surface area (Å²) in [6.45, 7) is 4.20. The molecule has 0 aliphatic carbocycles. The van der Waals surface area contributed by atoms with Crippen LogP contribution in [0.3, 0.4) is 0 Å². The minimum absolute atomic E-state index is 0.00731. The average molecular weight is 386 g/mol. The number of amides is 1. The van der Waals surface area contributed by atoms with Crippen molar-refractivity contribution in [1.29, 1.82) is 0 Å². The number of likely N-dealkylation sites (N-methyl/N-ethyl adjacent to an activating group) is 1. The zero-order chi connectivity index (χ0) is 20.2. The van der Waals surface area contributed by atoms with Crippen LogP contribution in [0.1, 0.15) is 12.6 Å². The maximum atomic E-state index is 12.5. The second kappa shape index (κ2) is 8.45. The Morgan fingerprint density at radius 3 is 2.62 bits per heavy atom. The van der Waals surface area contributed by atoms with E-state index in [0.717, 1.165) is 30.9 Å². The standard InChI is InChI=1S/C24H26N4O/c1-3-28-22-10-5-4-9-20(22)21-16-19(11-12-23(21)28)26-24(29)17-27(2)15-13-18-8-6-7-14-25-18/h4-12,14,16H,3,13,15,17H2,1-2H3,(H,26,29). The van der Waals surface area contributed by atoms with Crippen molar-refractivity contribution in [3.05, 3.63) is 72.6 Å². The molecule has 2 heterocycles. The summed E-state index contributed by atoms with van der Waals surface area (Å²) in [7, 11) is 1.96. The molecular formula is C24H26N4O. The third-order valence-corrected chi connectivity index (χ3v) is 5.26. The van der Waals surface area contributed by atoms with Crippen molar-refractivity contribution >= 4 is 33.4 Å². The Bertz CT molecular complexity index is 1130. The van der Waals surface area contributed by atoms with Gasteiger partial charge in [-0.2, -0.15) is 0 Å². The number of fused-ring (bicyclic) bond motifs is 3. The highest BCUT2D eigenvalue weighted by Gasteiger charge is 2.12.